The molecule has 1 N–H and O–H groups in total. The number of hydrogen-bond acceptors (Lipinski definition) is 2. The normalized spacial score (nSPS) is 10.3. The Morgan fingerprint density at radius 3 is 2.08 bits per heavy atom. The van der Waals surface area contributed by atoms with Crippen molar-refractivity contribution in [3.8, 4) is 12.0 Å². The minimum Gasteiger partial charge on any atom is -0.281 e. The number of carbonyl (C=O) groups is 1. The summed E-state index contributed by atoms with van der Waals surface area (Å²) in [6.07, 6.45) is 0. The van der Waals surface area contributed by atoms with Crippen molar-refractivity contribution in [1.29, 1.82) is 0 Å². The fourth-order valence-electron chi connectivity index (χ4n) is 2.77. The molecule has 0 bridgehead atoms. The number of aromatic nitrogens is 2. The summed E-state index contributed by atoms with van der Waals surface area (Å²) in [5.74, 6) is 1.60. The fourth-order valence-corrected chi connectivity index (χ4v) is 2.77. The van der Waals surface area contributed by atoms with Crippen molar-refractivity contribution >= 4 is 5.91 Å². The lowest BCUT2D eigenvalue weighted by Gasteiger charge is -2.11. The molecule has 4 nitrogen and oxygen atoms in total. The van der Waals surface area contributed by atoms with Gasteiger partial charge in [-0.15, -0.1) is 0 Å². The molecular weight excluding hydrogens is 329 g/mol. The van der Waals surface area contributed by atoms with Crippen molar-refractivity contribution in [1.82, 2.24) is 15.1 Å². The number of halogens is 1. The standard InChI is InChI=1S/C21H18FN3O/c1-15-19(20(22)25(2)24-15)21(26)23-14-13-18(16-9-5-3-6-10-16)17-11-7-4-8-12-17/h3-12,18H,1-2H3,(H,23,26). The molecule has 0 unspecified atom stereocenters. The van der Waals surface area contributed by atoms with E-state index in [1.54, 1.807) is 6.92 Å². The smallest absolute Gasteiger partial charge is 0.269 e. The zero-order chi connectivity index (χ0) is 18.5. The Hall–Kier alpha value is -3.39. The van der Waals surface area contributed by atoms with E-state index in [2.05, 4.69) is 22.4 Å². The summed E-state index contributed by atoms with van der Waals surface area (Å²) in [7, 11) is 1.45. The van der Waals surface area contributed by atoms with E-state index in [0.717, 1.165) is 15.8 Å². The maximum absolute atomic E-state index is 14.0. The van der Waals surface area contributed by atoms with Crippen molar-refractivity contribution in [2.24, 2.45) is 7.05 Å². The summed E-state index contributed by atoms with van der Waals surface area (Å²) in [5, 5.41) is 6.37. The minimum absolute atomic E-state index is 0.0854. The lowest BCUT2D eigenvalue weighted by atomic mass is 9.92. The lowest BCUT2D eigenvalue weighted by Crippen LogP contribution is -2.20. The number of hydrogen-bond donors (Lipinski definition) is 1. The quantitative estimate of drug-likeness (QED) is 0.583. The molecule has 0 spiro atoms. The second kappa shape index (κ2) is 7.66. The van der Waals surface area contributed by atoms with Crippen LogP contribution >= 0.6 is 0 Å². The highest BCUT2D eigenvalue weighted by atomic mass is 19.1. The van der Waals surface area contributed by atoms with Crippen molar-refractivity contribution in [3.05, 3.63) is 89.0 Å². The van der Waals surface area contributed by atoms with Crippen LogP contribution in [-0.2, 0) is 7.05 Å². The van der Waals surface area contributed by atoms with Gasteiger partial charge < -0.3 is 0 Å². The molecule has 0 aliphatic carbocycles. The molecule has 5 heteroatoms. The van der Waals surface area contributed by atoms with Crippen molar-refractivity contribution in [2.75, 3.05) is 0 Å². The highest BCUT2D eigenvalue weighted by Crippen LogP contribution is 2.23. The molecule has 1 aromatic heterocycles. The molecule has 26 heavy (non-hydrogen) atoms. The van der Waals surface area contributed by atoms with Crippen LogP contribution in [0.25, 0.3) is 0 Å². The Morgan fingerprint density at radius 2 is 1.62 bits per heavy atom. The number of amides is 1. The second-order valence-electron chi connectivity index (χ2n) is 5.85. The van der Waals surface area contributed by atoms with Crippen LogP contribution in [0.3, 0.4) is 0 Å². The van der Waals surface area contributed by atoms with Gasteiger partial charge in [0.2, 0.25) is 5.95 Å². The van der Waals surface area contributed by atoms with Gasteiger partial charge in [-0.25, -0.2) is 4.68 Å². The maximum atomic E-state index is 14.0. The van der Waals surface area contributed by atoms with Gasteiger partial charge in [-0.05, 0) is 18.1 Å². The number of benzene rings is 2. The van der Waals surface area contributed by atoms with Crippen LogP contribution in [0.4, 0.5) is 4.39 Å². The Balaban J connectivity index is 1.86. The highest BCUT2D eigenvalue weighted by Gasteiger charge is 2.19. The van der Waals surface area contributed by atoms with Crippen molar-refractivity contribution in [2.45, 2.75) is 12.8 Å². The molecule has 1 heterocycles. The summed E-state index contributed by atoms with van der Waals surface area (Å²) in [6, 6.07) is 22.3. The minimum atomic E-state index is -0.676. The van der Waals surface area contributed by atoms with Crippen LogP contribution in [0, 0.1) is 24.8 Å². The summed E-state index contributed by atoms with van der Waals surface area (Å²) < 4.78 is 15.0. The molecule has 130 valence electrons. The first-order valence-electron chi connectivity index (χ1n) is 8.17. The monoisotopic (exact) mass is 347 g/mol. The number of nitrogens with one attached hydrogen (secondary N) is 1. The molecule has 2 aromatic carbocycles. The number of rotatable bonds is 3. The SMILES string of the molecule is Cc1nn(C)c(F)c1C(=O)NC#CC(c1ccccc1)c1ccccc1. The van der Waals surface area contributed by atoms with Gasteiger partial charge in [-0.1, -0.05) is 66.6 Å². The molecule has 0 saturated carbocycles. The zero-order valence-corrected chi connectivity index (χ0v) is 14.5. The third kappa shape index (κ3) is 3.65. The van der Waals surface area contributed by atoms with E-state index in [1.807, 2.05) is 60.7 Å². The van der Waals surface area contributed by atoms with E-state index in [4.69, 9.17) is 0 Å². The van der Waals surface area contributed by atoms with Gasteiger partial charge in [0.15, 0.2) is 0 Å². The Kier molecular flexibility index (Phi) is 5.14. The molecule has 3 rings (SSSR count). The van der Waals surface area contributed by atoms with Crippen LogP contribution in [-0.4, -0.2) is 15.7 Å². The molecular formula is C21H18FN3O. The van der Waals surface area contributed by atoms with Crippen LogP contribution in [0.15, 0.2) is 60.7 Å². The summed E-state index contributed by atoms with van der Waals surface area (Å²) in [6.45, 7) is 1.59. The van der Waals surface area contributed by atoms with Crippen molar-refractivity contribution in [3.63, 3.8) is 0 Å². The third-order valence-corrected chi connectivity index (χ3v) is 4.04. The zero-order valence-electron chi connectivity index (χ0n) is 14.5. The first kappa shape index (κ1) is 17.4. The Bertz CT molecular complexity index is 929. The number of carbonyl (C=O) groups excluding carboxylic acids is 1. The molecule has 3 aromatic rings. The number of aryl methyl sites for hydroxylation is 2. The molecule has 0 radical (unpaired) electrons. The van der Waals surface area contributed by atoms with Crippen molar-refractivity contribution < 1.29 is 9.18 Å². The lowest BCUT2D eigenvalue weighted by molar-refractivity contribution is 0.0968. The summed E-state index contributed by atoms with van der Waals surface area (Å²) >= 11 is 0. The average molecular weight is 347 g/mol. The van der Waals surface area contributed by atoms with E-state index in [1.165, 1.54) is 7.05 Å². The van der Waals surface area contributed by atoms with Crippen LogP contribution in [0.1, 0.15) is 33.1 Å². The van der Waals surface area contributed by atoms with Gasteiger partial charge in [0, 0.05) is 13.1 Å². The second-order valence-corrected chi connectivity index (χ2v) is 5.85. The summed E-state index contributed by atoms with van der Waals surface area (Å²) in [5.41, 5.74) is 2.28. The molecule has 0 aliphatic heterocycles. The topological polar surface area (TPSA) is 46.9 Å². The molecule has 0 fully saturated rings. The third-order valence-electron chi connectivity index (χ3n) is 4.04. The highest BCUT2D eigenvalue weighted by molar-refractivity contribution is 5.96. The summed E-state index contributed by atoms with van der Waals surface area (Å²) in [4.78, 5) is 12.2. The maximum Gasteiger partial charge on any atom is 0.269 e. The van der Waals surface area contributed by atoms with E-state index >= 15 is 0 Å². The van der Waals surface area contributed by atoms with Crippen LogP contribution in [0.2, 0.25) is 0 Å². The fraction of sp³-hybridized carbons (Fsp3) is 0.143. The van der Waals surface area contributed by atoms with E-state index in [0.29, 0.717) is 5.69 Å². The molecule has 0 atom stereocenters. The largest absolute Gasteiger partial charge is 0.281 e. The van der Waals surface area contributed by atoms with Gasteiger partial charge in [0.25, 0.3) is 5.91 Å². The first-order valence-corrected chi connectivity index (χ1v) is 8.17. The Morgan fingerprint density at radius 1 is 1.08 bits per heavy atom. The number of nitrogens with zero attached hydrogens (tertiary/aromatic N) is 2. The van der Waals surface area contributed by atoms with Gasteiger partial charge in [0.05, 0.1) is 11.6 Å². The van der Waals surface area contributed by atoms with Gasteiger partial charge in [-0.3, -0.25) is 10.1 Å². The van der Waals surface area contributed by atoms with Gasteiger partial charge in [-0.2, -0.15) is 9.49 Å². The van der Waals surface area contributed by atoms with Crippen LogP contribution < -0.4 is 5.32 Å². The van der Waals surface area contributed by atoms with E-state index in [9.17, 15) is 9.18 Å². The molecule has 0 saturated heterocycles. The van der Waals surface area contributed by atoms with Crippen LogP contribution in [0.5, 0.6) is 0 Å². The average Bonchev–Trinajstić information content (AvgIpc) is 2.92. The first-order chi connectivity index (χ1) is 12.6. The predicted octanol–water partition coefficient (Wildman–Crippen LogP) is 3.39. The predicted molar refractivity (Wildman–Crippen MR) is 97.9 cm³/mol. The van der Waals surface area contributed by atoms with Gasteiger partial charge in [0.1, 0.15) is 5.56 Å². The van der Waals surface area contributed by atoms with Gasteiger partial charge >= 0.3 is 0 Å². The Labute approximate surface area is 151 Å². The van der Waals surface area contributed by atoms with E-state index in [-0.39, 0.29) is 11.5 Å². The molecule has 0 aliphatic rings. The molecule has 1 amide bonds. The van der Waals surface area contributed by atoms with E-state index < -0.39 is 11.9 Å².